The van der Waals surface area contributed by atoms with E-state index in [0.717, 1.165) is 5.56 Å². The molecule has 1 atom stereocenters. The third-order valence-electron chi connectivity index (χ3n) is 5.40. The highest BCUT2D eigenvalue weighted by molar-refractivity contribution is 7.89. The molecule has 0 bridgehead atoms. The lowest BCUT2D eigenvalue weighted by Crippen LogP contribution is -2.43. The van der Waals surface area contributed by atoms with Gasteiger partial charge in [-0.15, -0.1) is 0 Å². The minimum absolute atomic E-state index is 0.0716. The van der Waals surface area contributed by atoms with E-state index in [1.165, 1.54) is 36.4 Å². The fraction of sp³-hybridized carbons (Fsp3) is 0.333. The molecule has 160 valence electrons. The fourth-order valence-corrected chi connectivity index (χ4v) is 4.13. The maximum absolute atomic E-state index is 13.1. The number of nitrogens with one attached hydrogen (secondary N) is 1. The normalized spacial score (nSPS) is 16.9. The number of likely N-dealkylation sites (tertiary alicyclic amines) is 1. The summed E-state index contributed by atoms with van der Waals surface area (Å²) in [6, 6.07) is 8.11. The Morgan fingerprint density at radius 1 is 1.17 bits per heavy atom. The lowest BCUT2D eigenvalue weighted by atomic mass is 9.96. The Balaban J connectivity index is 1.75. The SMILES string of the molecule is Cc1cc(S(N)(=O)=O)cc(NC(=O)[C@@H]2CCCN(C(=O)c3ccc(F)cc3)C2)c1C. The van der Waals surface area contributed by atoms with E-state index in [-0.39, 0.29) is 23.3 Å². The molecule has 3 N–H and O–H groups in total. The largest absolute Gasteiger partial charge is 0.338 e. The van der Waals surface area contributed by atoms with Crippen molar-refractivity contribution in [1.82, 2.24) is 4.90 Å². The van der Waals surface area contributed by atoms with Gasteiger partial charge in [-0.3, -0.25) is 9.59 Å². The Kier molecular flexibility index (Phi) is 6.23. The van der Waals surface area contributed by atoms with Crippen molar-refractivity contribution >= 4 is 27.5 Å². The van der Waals surface area contributed by atoms with Gasteiger partial charge in [0.25, 0.3) is 5.91 Å². The highest BCUT2D eigenvalue weighted by Gasteiger charge is 2.29. The van der Waals surface area contributed by atoms with E-state index >= 15 is 0 Å². The number of benzene rings is 2. The summed E-state index contributed by atoms with van der Waals surface area (Å²) in [5.74, 6) is -1.41. The zero-order valence-electron chi connectivity index (χ0n) is 16.8. The van der Waals surface area contributed by atoms with E-state index in [1.807, 2.05) is 0 Å². The molecule has 0 aromatic heterocycles. The Bertz CT molecular complexity index is 1080. The molecule has 1 aliphatic heterocycles. The first-order valence-electron chi connectivity index (χ1n) is 9.56. The number of hydrogen-bond acceptors (Lipinski definition) is 4. The number of nitrogens with zero attached hydrogens (tertiary/aromatic N) is 1. The predicted octanol–water partition coefficient (Wildman–Crippen LogP) is 2.58. The lowest BCUT2D eigenvalue weighted by Gasteiger charge is -2.32. The Hall–Kier alpha value is -2.78. The van der Waals surface area contributed by atoms with Gasteiger partial charge >= 0.3 is 0 Å². The van der Waals surface area contributed by atoms with Gasteiger partial charge in [-0.2, -0.15) is 0 Å². The average molecular weight is 434 g/mol. The van der Waals surface area contributed by atoms with E-state index in [4.69, 9.17) is 5.14 Å². The number of anilines is 1. The molecule has 2 aromatic rings. The average Bonchev–Trinajstić information content (AvgIpc) is 2.70. The highest BCUT2D eigenvalue weighted by Crippen LogP contribution is 2.26. The van der Waals surface area contributed by atoms with Gasteiger partial charge in [-0.05, 0) is 74.2 Å². The van der Waals surface area contributed by atoms with Crippen LogP contribution in [0, 0.1) is 25.6 Å². The number of hydrogen-bond donors (Lipinski definition) is 2. The van der Waals surface area contributed by atoms with Crippen molar-refractivity contribution in [3.05, 3.63) is 58.9 Å². The number of rotatable bonds is 4. The molecule has 3 rings (SSSR count). The van der Waals surface area contributed by atoms with Crippen LogP contribution in [0.1, 0.15) is 34.3 Å². The van der Waals surface area contributed by atoms with Crippen molar-refractivity contribution in [2.45, 2.75) is 31.6 Å². The second-order valence-corrected chi connectivity index (χ2v) is 9.11. The monoisotopic (exact) mass is 433 g/mol. The second-order valence-electron chi connectivity index (χ2n) is 7.54. The molecule has 1 heterocycles. The summed E-state index contributed by atoms with van der Waals surface area (Å²) in [5, 5.41) is 8.02. The van der Waals surface area contributed by atoms with Crippen LogP contribution in [0.2, 0.25) is 0 Å². The topological polar surface area (TPSA) is 110 Å². The Morgan fingerprint density at radius 2 is 1.83 bits per heavy atom. The molecule has 7 nitrogen and oxygen atoms in total. The van der Waals surface area contributed by atoms with Gasteiger partial charge in [-0.25, -0.2) is 17.9 Å². The van der Waals surface area contributed by atoms with Crippen molar-refractivity contribution in [2.24, 2.45) is 11.1 Å². The molecule has 2 amide bonds. The number of piperidine rings is 1. The zero-order valence-corrected chi connectivity index (χ0v) is 17.6. The van der Waals surface area contributed by atoms with Crippen molar-refractivity contribution in [3.8, 4) is 0 Å². The molecule has 1 aliphatic rings. The van der Waals surface area contributed by atoms with E-state index in [0.29, 0.717) is 36.2 Å². The van der Waals surface area contributed by atoms with E-state index < -0.39 is 21.8 Å². The van der Waals surface area contributed by atoms with Crippen molar-refractivity contribution in [1.29, 1.82) is 0 Å². The molecule has 0 saturated carbocycles. The molecular weight excluding hydrogens is 409 g/mol. The van der Waals surface area contributed by atoms with E-state index in [1.54, 1.807) is 18.7 Å². The smallest absolute Gasteiger partial charge is 0.253 e. The van der Waals surface area contributed by atoms with Gasteiger partial charge in [0.1, 0.15) is 5.82 Å². The standard InChI is InChI=1S/C21H24FN3O4S/c1-13-10-18(30(23,28)29)11-19(14(13)2)24-20(26)16-4-3-9-25(12-16)21(27)15-5-7-17(22)8-6-15/h5-8,10-11,16H,3-4,9,12H2,1-2H3,(H,24,26)(H2,23,28,29)/t16-/m1/s1. The van der Waals surface area contributed by atoms with Gasteiger partial charge in [0.05, 0.1) is 10.8 Å². The first kappa shape index (κ1) is 21.9. The molecule has 9 heteroatoms. The fourth-order valence-electron chi connectivity index (χ4n) is 3.51. The van der Waals surface area contributed by atoms with Gasteiger partial charge in [0, 0.05) is 24.3 Å². The Morgan fingerprint density at radius 3 is 2.47 bits per heavy atom. The van der Waals surface area contributed by atoms with Crippen LogP contribution >= 0.6 is 0 Å². The minimum Gasteiger partial charge on any atom is -0.338 e. The lowest BCUT2D eigenvalue weighted by molar-refractivity contribution is -0.121. The first-order chi connectivity index (χ1) is 14.1. The van der Waals surface area contributed by atoms with Crippen molar-refractivity contribution in [3.63, 3.8) is 0 Å². The molecule has 0 unspecified atom stereocenters. The van der Waals surface area contributed by atoms with Gasteiger partial charge in [-0.1, -0.05) is 0 Å². The summed E-state index contributed by atoms with van der Waals surface area (Å²) in [5.41, 5.74) is 2.18. The third-order valence-corrected chi connectivity index (χ3v) is 6.29. The second kappa shape index (κ2) is 8.53. The van der Waals surface area contributed by atoms with Gasteiger partial charge in [0.2, 0.25) is 15.9 Å². The van der Waals surface area contributed by atoms with Crippen LogP contribution in [0.25, 0.3) is 0 Å². The van der Waals surface area contributed by atoms with Crippen LogP contribution in [0.3, 0.4) is 0 Å². The van der Waals surface area contributed by atoms with E-state index in [9.17, 15) is 22.4 Å². The van der Waals surface area contributed by atoms with Crippen LogP contribution < -0.4 is 10.5 Å². The summed E-state index contributed by atoms with van der Waals surface area (Å²) in [4.78, 5) is 27.1. The van der Waals surface area contributed by atoms with Crippen LogP contribution in [0.4, 0.5) is 10.1 Å². The number of amides is 2. The highest BCUT2D eigenvalue weighted by atomic mass is 32.2. The molecule has 0 aliphatic carbocycles. The number of nitrogens with two attached hydrogens (primary N) is 1. The molecule has 30 heavy (non-hydrogen) atoms. The summed E-state index contributed by atoms with van der Waals surface area (Å²) >= 11 is 0. The summed E-state index contributed by atoms with van der Waals surface area (Å²) in [7, 11) is -3.91. The quantitative estimate of drug-likeness (QED) is 0.772. The van der Waals surface area contributed by atoms with Crippen LogP contribution in [0.15, 0.2) is 41.3 Å². The van der Waals surface area contributed by atoms with Crippen LogP contribution in [0.5, 0.6) is 0 Å². The zero-order chi connectivity index (χ0) is 22.1. The molecule has 0 radical (unpaired) electrons. The summed E-state index contributed by atoms with van der Waals surface area (Å²) < 4.78 is 36.5. The van der Waals surface area contributed by atoms with Crippen molar-refractivity contribution in [2.75, 3.05) is 18.4 Å². The van der Waals surface area contributed by atoms with Crippen LogP contribution in [-0.4, -0.2) is 38.2 Å². The van der Waals surface area contributed by atoms with Crippen LogP contribution in [-0.2, 0) is 14.8 Å². The Labute approximate surface area is 175 Å². The molecule has 1 fully saturated rings. The first-order valence-corrected chi connectivity index (χ1v) is 11.1. The number of carbonyl (C=O) groups excluding carboxylic acids is 2. The summed E-state index contributed by atoms with van der Waals surface area (Å²) in [6.45, 7) is 4.26. The maximum Gasteiger partial charge on any atom is 0.253 e. The predicted molar refractivity (Wildman–Crippen MR) is 111 cm³/mol. The number of halogens is 1. The molecule has 0 spiro atoms. The molecular formula is C21H24FN3O4S. The number of aryl methyl sites for hydroxylation is 1. The minimum atomic E-state index is -3.91. The molecule has 2 aromatic carbocycles. The van der Waals surface area contributed by atoms with Crippen molar-refractivity contribution < 1.29 is 22.4 Å². The number of sulfonamides is 1. The number of carbonyl (C=O) groups is 2. The third kappa shape index (κ3) is 4.85. The number of primary sulfonamides is 1. The summed E-state index contributed by atoms with van der Waals surface area (Å²) in [6.07, 6.45) is 1.26. The maximum atomic E-state index is 13.1. The molecule has 1 saturated heterocycles. The van der Waals surface area contributed by atoms with Gasteiger partial charge in [0.15, 0.2) is 0 Å². The van der Waals surface area contributed by atoms with E-state index in [2.05, 4.69) is 5.32 Å². The van der Waals surface area contributed by atoms with Gasteiger partial charge < -0.3 is 10.2 Å².